The van der Waals surface area contributed by atoms with E-state index in [0.29, 0.717) is 12.0 Å². The van der Waals surface area contributed by atoms with Gasteiger partial charge >= 0.3 is 0 Å². The van der Waals surface area contributed by atoms with Crippen molar-refractivity contribution in [1.82, 2.24) is 15.3 Å². The van der Waals surface area contributed by atoms with E-state index in [0.717, 1.165) is 25.6 Å². The van der Waals surface area contributed by atoms with E-state index in [4.69, 9.17) is 4.74 Å². The summed E-state index contributed by atoms with van der Waals surface area (Å²) in [5.74, 6) is 1.63. The highest BCUT2D eigenvalue weighted by molar-refractivity contribution is 5.11. The van der Waals surface area contributed by atoms with E-state index in [-0.39, 0.29) is 0 Å². The van der Waals surface area contributed by atoms with E-state index in [9.17, 15) is 0 Å². The molecule has 0 radical (unpaired) electrons. The van der Waals surface area contributed by atoms with Crippen LogP contribution in [0.3, 0.4) is 0 Å². The fraction of sp³-hybridized carbons (Fsp3) is 0.750. The highest BCUT2D eigenvalue weighted by Crippen LogP contribution is 2.26. The number of hydrogen-bond donors (Lipinski definition) is 2. The van der Waals surface area contributed by atoms with Crippen molar-refractivity contribution in [1.29, 1.82) is 0 Å². The fourth-order valence-corrected chi connectivity index (χ4v) is 2.64. The quantitative estimate of drug-likeness (QED) is 0.799. The third-order valence-electron chi connectivity index (χ3n) is 3.61. The lowest BCUT2D eigenvalue weighted by atomic mass is 9.99. The van der Waals surface area contributed by atoms with Crippen LogP contribution in [0.1, 0.15) is 49.2 Å². The predicted molar refractivity (Wildman–Crippen MR) is 61.4 cm³/mol. The molecule has 2 N–H and O–H groups in total. The van der Waals surface area contributed by atoms with Crippen LogP contribution in [-0.2, 0) is 4.74 Å². The predicted octanol–water partition coefficient (Wildman–Crippen LogP) is 1.73. The Hall–Kier alpha value is -0.870. The largest absolute Gasteiger partial charge is 0.381 e. The summed E-state index contributed by atoms with van der Waals surface area (Å²) in [6, 6.07) is 0.443. The lowest BCUT2D eigenvalue weighted by Gasteiger charge is -2.20. The minimum Gasteiger partial charge on any atom is -0.381 e. The monoisotopic (exact) mass is 221 g/mol. The molecular weight excluding hydrogens is 202 g/mol. The van der Waals surface area contributed by atoms with Crippen LogP contribution in [-0.4, -0.2) is 29.7 Å². The molecule has 3 rings (SSSR count). The van der Waals surface area contributed by atoms with Gasteiger partial charge in [0.05, 0.1) is 12.6 Å². The average molecular weight is 221 g/mol. The van der Waals surface area contributed by atoms with Crippen LogP contribution in [0.25, 0.3) is 0 Å². The molecule has 0 amide bonds. The van der Waals surface area contributed by atoms with Gasteiger partial charge in [-0.2, -0.15) is 0 Å². The van der Waals surface area contributed by atoms with E-state index >= 15 is 0 Å². The Kier molecular flexibility index (Phi) is 2.93. The molecule has 1 aromatic rings. The molecule has 0 aliphatic carbocycles. The highest BCUT2D eigenvalue weighted by atomic mass is 16.5. The van der Waals surface area contributed by atoms with Gasteiger partial charge in [-0.05, 0) is 32.2 Å². The zero-order valence-corrected chi connectivity index (χ0v) is 9.54. The van der Waals surface area contributed by atoms with Crippen LogP contribution >= 0.6 is 0 Å². The maximum atomic E-state index is 5.51. The molecule has 3 heterocycles. The Bertz CT molecular complexity index is 338. The second-order valence-electron chi connectivity index (χ2n) is 4.79. The number of aromatic nitrogens is 2. The SMILES string of the molecule is c1nc(C2CCCN2)[nH]c1C1CCCOC1. The summed E-state index contributed by atoms with van der Waals surface area (Å²) < 4.78 is 5.51. The average Bonchev–Trinajstić information content (AvgIpc) is 3.01. The molecule has 4 heteroatoms. The van der Waals surface area contributed by atoms with Crippen LogP contribution in [0.5, 0.6) is 0 Å². The Labute approximate surface area is 95.8 Å². The first kappa shape index (κ1) is 10.3. The molecule has 16 heavy (non-hydrogen) atoms. The van der Waals surface area contributed by atoms with Gasteiger partial charge in [-0.3, -0.25) is 0 Å². The third kappa shape index (κ3) is 1.99. The van der Waals surface area contributed by atoms with E-state index in [1.807, 2.05) is 6.20 Å². The van der Waals surface area contributed by atoms with E-state index in [1.54, 1.807) is 0 Å². The van der Waals surface area contributed by atoms with Gasteiger partial charge in [-0.15, -0.1) is 0 Å². The first-order valence-corrected chi connectivity index (χ1v) is 6.29. The van der Waals surface area contributed by atoms with Crippen LogP contribution < -0.4 is 5.32 Å². The van der Waals surface area contributed by atoms with E-state index in [1.165, 1.54) is 31.4 Å². The van der Waals surface area contributed by atoms with Crippen molar-refractivity contribution in [2.75, 3.05) is 19.8 Å². The zero-order chi connectivity index (χ0) is 10.8. The summed E-state index contributed by atoms with van der Waals surface area (Å²) in [6.45, 7) is 2.88. The first-order valence-electron chi connectivity index (χ1n) is 6.29. The Morgan fingerprint density at radius 2 is 2.31 bits per heavy atom. The fourth-order valence-electron chi connectivity index (χ4n) is 2.64. The molecule has 88 valence electrons. The van der Waals surface area contributed by atoms with Crippen molar-refractivity contribution in [3.8, 4) is 0 Å². The molecule has 0 aromatic carbocycles. The van der Waals surface area contributed by atoms with E-state index < -0.39 is 0 Å². The number of rotatable bonds is 2. The second-order valence-corrected chi connectivity index (χ2v) is 4.79. The summed E-state index contributed by atoms with van der Waals surface area (Å²) in [4.78, 5) is 7.97. The van der Waals surface area contributed by atoms with Crippen LogP contribution in [0.4, 0.5) is 0 Å². The molecule has 2 unspecified atom stereocenters. The molecule has 0 saturated carbocycles. The van der Waals surface area contributed by atoms with Gasteiger partial charge in [0.15, 0.2) is 0 Å². The third-order valence-corrected chi connectivity index (χ3v) is 3.61. The Morgan fingerprint density at radius 3 is 3.06 bits per heavy atom. The van der Waals surface area contributed by atoms with Crippen LogP contribution in [0.2, 0.25) is 0 Å². The van der Waals surface area contributed by atoms with Gasteiger partial charge in [0.25, 0.3) is 0 Å². The number of ether oxygens (including phenoxy) is 1. The van der Waals surface area contributed by atoms with Crippen molar-refractivity contribution in [2.45, 2.75) is 37.6 Å². The minimum atomic E-state index is 0.443. The topological polar surface area (TPSA) is 49.9 Å². The molecule has 0 spiro atoms. The molecule has 2 saturated heterocycles. The van der Waals surface area contributed by atoms with Crippen molar-refractivity contribution in [3.63, 3.8) is 0 Å². The summed E-state index contributed by atoms with van der Waals surface area (Å²) in [5.41, 5.74) is 1.25. The molecule has 2 fully saturated rings. The smallest absolute Gasteiger partial charge is 0.123 e. The molecule has 2 aliphatic rings. The molecule has 2 aliphatic heterocycles. The number of aromatic amines is 1. The van der Waals surface area contributed by atoms with Gasteiger partial charge in [0.1, 0.15) is 5.82 Å². The van der Waals surface area contributed by atoms with E-state index in [2.05, 4.69) is 15.3 Å². The van der Waals surface area contributed by atoms with Crippen LogP contribution in [0, 0.1) is 0 Å². The van der Waals surface area contributed by atoms with Gasteiger partial charge in [0.2, 0.25) is 0 Å². The lowest BCUT2D eigenvalue weighted by Crippen LogP contribution is -2.17. The van der Waals surface area contributed by atoms with Crippen molar-refractivity contribution in [3.05, 3.63) is 17.7 Å². The van der Waals surface area contributed by atoms with Gasteiger partial charge in [-0.1, -0.05) is 0 Å². The first-order chi connectivity index (χ1) is 7.93. The number of hydrogen-bond acceptors (Lipinski definition) is 3. The minimum absolute atomic E-state index is 0.443. The van der Waals surface area contributed by atoms with Crippen molar-refractivity contribution in [2.24, 2.45) is 0 Å². The Balaban J connectivity index is 1.71. The van der Waals surface area contributed by atoms with Gasteiger partial charge in [0, 0.05) is 24.4 Å². The standard InChI is InChI=1S/C12H19N3O/c1-4-10(13-5-1)12-14-7-11(15-12)9-3-2-6-16-8-9/h7,9-10,13H,1-6,8H2,(H,14,15). The molecule has 0 bridgehead atoms. The molecule has 2 atom stereocenters. The summed E-state index contributed by atoms with van der Waals surface area (Å²) >= 11 is 0. The number of nitrogens with zero attached hydrogens (tertiary/aromatic N) is 1. The maximum Gasteiger partial charge on any atom is 0.123 e. The summed E-state index contributed by atoms with van der Waals surface area (Å²) in [7, 11) is 0. The number of H-pyrrole nitrogens is 1. The van der Waals surface area contributed by atoms with Crippen molar-refractivity contribution >= 4 is 0 Å². The number of imidazole rings is 1. The number of nitrogens with one attached hydrogen (secondary N) is 2. The molecule has 1 aromatic heterocycles. The van der Waals surface area contributed by atoms with Crippen LogP contribution in [0.15, 0.2) is 6.20 Å². The molecule has 4 nitrogen and oxygen atoms in total. The summed E-state index contributed by atoms with van der Waals surface area (Å²) in [5, 5.41) is 3.46. The Morgan fingerprint density at radius 1 is 1.31 bits per heavy atom. The second kappa shape index (κ2) is 4.55. The summed E-state index contributed by atoms with van der Waals surface area (Å²) in [6.07, 6.45) is 6.84. The normalized spacial score (nSPS) is 30.8. The van der Waals surface area contributed by atoms with Crippen molar-refractivity contribution < 1.29 is 4.74 Å². The lowest BCUT2D eigenvalue weighted by molar-refractivity contribution is 0.0794. The van der Waals surface area contributed by atoms with Gasteiger partial charge < -0.3 is 15.0 Å². The maximum absolute atomic E-state index is 5.51. The zero-order valence-electron chi connectivity index (χ0n) is 9.54. The van der Waals surface area contributed by atoms with Gasteiger partial charge in [-0.25, -0.2) is 4.98 Å². The molecular formula is C12H19N3O. The highest BCUT2D eigenvalue weighted by Gasteiger charge is 2.22.